The molecule has 56 heavy (non-hydrogen) atoms. The van der Waals surface area contributed by atoms with Crippen molar-refractivity contribution < 1.29 is 38.1 Å². The fourth-order valence-electron chi connectivity index (χ4n) is 7.98. The van der Waals surface area contributed by atoms with Crippen LogP contribution in [-0.2, 0) is 23.9 Å². The van der Waals surface area contributed by atoms with Crippen LogP contribution in [0.15, 0.2) is 66.8 Å². The number of nitrogens with zero attached hydrogens (tertiary/aromatic N) is 2. The molecule has 3 aliphatic heterocycles. The average Bonchev–Trinajstić information content (AvgIpc) is 3.72. The van der Waals surface area contributed by atoms with E-state index in [1.807, 2.05) is 80.6 Å². The molecule has 1 saturated carbocycles. The van der Waals surface area contributed by atoms with Crippen molar-refractivity contribution in [1.82, 2.24) is 20.5 Å². The number of pyridine rings is 1. The lowest BCUT2D eigenvalue weighted by Gasteiger charge is -2.30. The van der Waals surface area contributed by atoms with E-state index in [0.29, 0.717) is 48.4 Å². The highest BCUT2D eigenvalue weighted by atomic mass is 16.6. The zero-order valence-electron chi connectivity index (χ0n) is 32.7. The number of amides is 3. The van der Waals surface area contributed by atoms with Crippen LogP contribution in [-0.4, -0.2) is 84.4 Å². The molecule has 1 unspecified atom stereocenters. The van der Waals surface area contributed by atoms with Gasteiger partial charge in [-0.15, -0.1) is 0 Å². The minimum Gasteiger partial charge on any atom is -0.496 e. The van der Waals surface area contributed by atoms with Gasteiger partial charge in [0.25, 0.3) is 0 Å². The first-order valence-corrected chi connectivity index (χ1v) is 19.8. The lowest BCUT2D eigenvalue weighted by atomic mass is 9.90. The van der Waals surface area contributed by atoms with Crippen molar-refractivity contribution in [3.63, 3.8) is 0 Å². The van der Waals surface area contributed by atoms with Gasteiger partial charge in [-0.2, -0.15) is 0 Å². The van der Waals surface area contributed by atoms with E-state index >= 15 is 0 Å². The van der Waals surface area contributed by atoms with Crippen LogP contribution < -0.4 is 20.1 Å². The second-order valence-corrected chi connectivity index (χ2v) is 16.1. The van der Waals surface area contributed by atoms with Crippen molar-refractivity contribution in [3.8, 4) is 22.8 Å². The van der Waals surface area contributed by atoms with Gasteiger partial charge in [0.15, 0.2) is 0 Å². The number of hydrogen-bond acceptors (Lipinski definition) is 9. The maximum absolute atomic E-state index is 14.7. The Kier molecular flexibility index (Phi) is 11.4. The largest absolute Gasteiger partial charge is 0.496 e. The molecule has 7 rings (SSSR count). The molecule has 5 atom stereocenters. The van der Waals surface area contributed by atoms with Crippen molar-refractivity contribution in [2.45, 2.75) is 95.9 Å². The average molecular weight is 765 g/mol. The number of rotatable bonds is 4. The molecule has 5 bridgehead atoms. The molecular formula is C44H52N4O8. The Labute approximate surface area is 328 Å². The maximum Gasteiger partial charge on any atom is 0.407 e. The molecule has 2 N–H and O–H groups in total. The summed E-state index contributed by atoms with van der Waals surface area (Å²) in [5.74, 6) is -0.414. The molecular weight excluding hydrogens is 713 g/mol. The summed E-state index contributed by atoms with van der Waals surface area (Å²) >= 11 is 0. The van der Waals surface area contributed by atoms with Crippen molar-refractivity contribution >= 4 is 40.9 Å². The summed E-state index contributed by atoms with van der Waals surface area (Å²) in [7, 11) is 1.62. The molecule has 3 aromatic rings. The molecule has 1 aliphatic carbocycles. The number of aromatic nitrogens is 1. The lowest BCUT2D eigenvalue weighted by Crippen LogP contribution is -2.56. The van der Waals surface area contributed by atoms with Gasteiger partial charge in [-0.05, 0) is 45.1 Å². The van der Waals surface area contributed by atoms with Crippen LogP contribution in [0.5, 0.6) is 11.5 Å². The zero-order valence-corrected chi connectivity index (χ0v) is 32.7. The lowest BCUT2D eigenvalue weighted by molar-refractivity contribution is -0.150. The number of hydrogen-bond donors (Lipinski definition) is 2. The molecule has 1 aromatic heterocycles. The Morgan fingerprint density at radius 1 is 1.05 bits per heavy atom. The van der Waals surface area contributed by atoms with Crippen LogP contribution in [0.1, 0.15) is 77.7 Å². The summed E-state index contributed by atoms with van der Waals surface area (Å²) in [4.78, 5) is 62.4. The van der Waals surface area contributed by atoms with Crippen LogP contribution in [0.3, 0.4) is 0 Å². The number of fused-ring (bicyclic) bond motifs is 4. The van der Waals surface area contributed by atoms with Crippen LogP contribution in [0.4, 0.5) is 4.79 Å². The van der Waals surface area contributed by atoms with Crippen LogP contribution >= 0.6 is 0 Å². The Hall–Kier alpha value is -5.39. The third-order valence-corrected chi connectivity index (χ3v) is 11.2. The van der Waals surface area contributed by atoms with Gasteiger partial charge in [0.2, 0.25) is 11.8 Å². The van der Waals surface area contributed by atoms with Gasteiger partial charge in [-0.1, -0.05) is 81.3 Å². The Morgan fingerprint density at radius 2 is 1.88 bits per heavy atom. The van der Waals surface area contributed by atoms with E-state index < -0.39 is 53.0 Å². The Bertz CT molecular complexity index is 2030. The van der Waals surface area contributed by atoms with Gasteiger partial charge < -0.3 is 34.5 Å². The standard InChI is InChI=1S/C44H52N4O8/c1-5-54-41(51)44-25-30(44)18-12-7-6-8-13-19-33-40(50)48-26-31(22-36(48)39(49)47-44)56-38-23-34(28-15-10-9-11-16-28)45-35-24-37(53-4)29(21-32(35)38)17-14-20-43(2,3)27-55-42(52)46-33/h9-12,14-18,21,23-24,30-31,33,36H,5-8,13,19-20,22,25-27H2,1-4H3,(H,46,52)(H,47,49)/b17-14+,18-12-/t30?,31-,33+,36+,44-/m1/s1. The highest BCUT2D eigenvalue weighted by Gasteiger charge is 2.62. The monoisotopic (exact) mass is 764 g/mol. The van der Waals surface area contributed by atoms with Crippen LogP contribution in [0.25, 0.3) is 28.2 Å². The topological polar surface area (TPSA) is 145 Å². The molecule has 2 aromatic carbocycles. The molecule has 4 heterocycles. The summed E-state index contributed by atoms with van der Waals surface area (Å²) in [5.41, 5.74) is 1.41. The first kappa shape index (κ1) is 38.9. The fourth-order valence-corrected chi connectivity index (χ4v) is 7.98. The number of carbonyl (C=O) groups excluding carboxylic acids is 4. The minimum atomic E-state index is -1.22. The van der Waals surface area contributed by atoms with Gasteiger partial charge >= 0.3 is 12.1 Å². The minimum absolute atomic E-state index is 0.0698. The number of nitrogens with one attached hydrogen (secondary N) is 2. The van der Waals surface area contributed by atoms with E-state index in [0.717, 1.165) is 35.8 Å². The van der Waals surface area contributed by atoms with Gasteiger partial charge in [-0.3, -0.25) is 9.59 Å². The van der Waals surface area contributed by atoms with E-state index in [-0.39, 0.29) is 32.1 Å². The number of allylic oxidation sites excluding steroid dienone is 2. The SMILES string of the molecule is CCOC(=O)[C@@]12CC1/C=C\CCCCC[C@@H]1NC(=O)OCC(C)(C)C/C=C/c3cc4c(cc(-c5ccccc5)nc4cc3OC)O[C@@H]3C[C@@H](C(=O)N2)N(C3)C1=O. The summed E-state index contributed by atoms with van der Waals surface area (Å²) in [5, 5.41) is 6.62. The normalized spacial score (nSPS) is 27.9. The number of methoxy groups -OCH3 is 1. The first-order valence-electron chi connectivity index (χ1n) is 19.8. The van der Waals surface area contributed by atoms with Crippen molar-refractivity contribution in [2.24, 2.45) is 11.3 Å². The molecule has 296 valence electrons. The van der Waals surface area contributed by atoms with Crippen LogP contribution in [0.2, 0.25) is 0 Å². The third kappa shape index (κ3) is 8.39. The Balaban J connectivity index is 1.32. The van der Waals surface area contributed by atoms with Gasteiger partial charge in [0, 0.05) is 46.4 Å². The number of alkyl carbamates (subject to hydrolysis) is 1. The van der Waals surface area contributed by atoms with Crippen molar-refractivity contribution in [1.29, 1.82) is 0 Å². The number of esters is 1. The summed E-state index contributed by atoms with van der Waals surface area (Å²) in [6, 6.07) is 13.6. The maximum atomic E-state index is 14.7. The first-order chi connectivity index (χ1) is 27.0. The van der Waals surface area contributed by atoms with Gasteiger partial charge in [0.05, 0.1) is 38.1 Å². The second-order valence-electron chi connectivity index (χ2n) is 16.1. The van der Waals surface area contributed by atoms with E-state index in [2.05, 4.69) is 16.7 Å². The quantitative estimate of drug-likeness (QED) is 0.218. The molecule has 12 heteroatoms. The van der Waals surface area contributed by atoms with Crippen molar-refractivity contribution in [2.75, 3.05) is 26.9 Å². The number of benzene rings is 2. The Morgan fingerprint density at radius 3 is 2.66 bits per heavy atom. The summed E-state index contributed by atoms with van der Waals surface area (Å²) in [6.07, 6.45) is 11.4. The second kappa shape index (κ2) is 16.4. The molecule has 0 spiro atoms. The number of cyclic esters (lactones) is 1. The van der Waals surface area contributed by atoms with Gasteiger partial charge in [-0.25, -0.2) is 14.6 Å². The van der Waals surface area contributed by atoms with Crippen molar-refractivity contribution in [3.05, 3.63) is 72.3 Å². The van der Waals surface area contributed by atoms with E-state index in [1.165, 1.54) is 4.90 Å². The summed E-state index contributed by atoms with van der Waals surface area (Å²) in [6.45, 7) is 6.11. The third-order valence-electron chi connectivity index (χ3n) is 11.2. The molecule has 0 radical (unpaired) electrons. The molecule has 4 aliphatic rings. The smallest absolute Gasteiger partial charge is 0.407 e. The predicted molar refractivity (Wildman–Crippen MR) is 212 cm³/mol. The predicted octanol–water partition coefficient (Wildman–Crippen LogP) is 6.75. The highest BCUT2D eigenvalue weighted by molar-refractivity contribution is 5.97. The highest BCUT2D eigenvalue weighted by Crippen LogP contribution is 2.46. The van der Waals surface area contributed by atoms with Gasteiger partial charge in [0.1, 0.15) is 35.2 Å². The number of ether oxygens (including phenoxy) is 4. The zero-order chi connectivity index (χ0) is 39.5. The van der Waals surface area contributed by atoms with Crippen LogP contribution in [0, 0.1) is 11.3 Å². The fraction of sp³-hybridized carbons (Fsp3) is 0.477. The number of carbonyl (C=O) groups is 4. The van der Waals surface area contributed by atoms with E-state index in [1.54, 1.807) is 14.0 Å². The summed E-state index contributed by atoms with van der Waals surface area (Å²) < 4.78 is 23.9. The molecule has 3 amide bonds. The molecule has 12 nitrogen and oxygen atoms in total. The molecule has 1 saturated heterocycles. The van der Waals surface area contributed by atoms with E-state index in [4.69, 9.17) is 23.9 Å². The molecule has 2 fully saturated rings. The van der Waals surface area contributed by atoms with E-state index in [9.17, 15) is 19.2 Å².